The molecule has 2 aromatic carbocycles. The largest absolute Gasteiger partial charge is 0.487 e. The van der Waals surface area contributed by atoms with Gasteiger partial charge in [-0.3, -0.25) is 14.3 Å². The van der Waals surface area contributed by atoms with Gasteiger partial charge in [0.25, 0.3) is 5.56 Å². The first-order valence-electron chi connectivity index (χ1n) is 8.91. The Morgan fingerprint density at radius 2 is 1.79 bits per heavy atom. The topological polar surface area (TPSA) is 57.0 Å². The predicted octanol–water partition coefficient (Wildman–Crippen LogP) is 4.20. The minimum atomic E-state index is -0.0219. The van der Waals surface area contributed by atoms with Crippen LogP contribution in [0.4, 0.5) is 0 Å². The molecule has 0 amide bonds. The van der Waals surface area contributed by atoms with Gasteiger partial charge in [0.1, 0.15) is 12.4 Å². The second-order valence-corrected chi connectivity index (χ2v) is 7.26. The van der Waals surface area contributed by atoms with Gasteiger partial charge in [-0.1, -0.05) is 42.1 Å². The lowest BCUT2D eigenvalue weighted by atomic mass is 10.2. The van der Waals surface area contributed by atoms with Crippen LogP contribution in [-0.4, -0.2) is 14.5 Å². The van der Waals surface area contributed by atoms with Crippen molar-refractivity contribution in [1.29, 1.82) is 0 Å². The Bertz CT molecular complexity index is 1140. The molecule has 0 spiro atoms. The third kappa shape index (κ3) is 4.07. The SMILES string of the molecule is Cn1c(SCc2ccc(OCc3ccccn3)cc2)nc2ccccc2c1=O. The number of benzene rings is 2. The van der Waals surface area contributed by atoms with Crippen molar-refractivity contribution in [2.75, 3.05) is 0 Å². The number of aromatic nitrogens is 3. The molecule has 0 saturated carbocycles. The van der Waals surface area contributed by atoms with Gasteiger partial charge in [0.05, 0.1) is 16.6 Å². The van der Waals surface area contributed by atoms with E-state index in [0.717, 1.165) is 28.3 Å². The number of nitrogens with zero attached hydrogens (tertiary/aromatic N) is 3. The van der Waals surface area contributed by atoms with Gasteiger partial charge in [0.15, 0.2) is 5.16 Å². The average Bonchev–Trinajstić information content (AvgIpc) is 2.75. The van der Waals surface area contributed by atoms with Crippen LogP contribution < -0.4 is 10.3 Å². The summed E-state index contributed by atoms with van der Waals surface area (Å²) in [6, 6.07) is 21.2. The summed E-state index contributed by atoms with van der Waals surface area (Å²) in [5.74, 6) is 1.52. The normalized spacial score (nSPS) is 10.9. The van der Waals surface area contributed by atoms with Crippen LogP contribution in [0.3, 0.4) is 0 Å². The maximum Gasteiger partial charge on any atom is 0.261 e. The standard InChI is InChI=1S/C22H19N3O2S/c1-25-21(26)19-7-2-3-8-20(19)24-22(25)28-15-16-9-11-18(12-10-16)27-14-17-6-4-5-13-23-17/h2-13H,14-15H2,1H3. The minimum Gasteiger partial charge on any atom is -0.487 e. The summed E-state index contributed by atoms with van der Waals surface area (Å²) >= 11 is 1.55. The summed E-state index contributed by atoms with van der Waals surface area (Å²) < 4.78 is 7.37. The molecule has 0 saturated heterocycles. The zero-order valence-corrected chi connectivity index (χ0v) is 16.2. The Morgan fingerprint density at radius 3 is 2.57 bits per heavy atom. The fraction of sp³-hybridized carbons (Fsp3) is 0.136. The van der Waals surface area contributed by atoms with Crippen LogP contribution in [0.25, 0.3) is 10.9 Å². The number of hydrogen-bond donors (Lipinski definition) is 0. The quantitative estimate of drug-likeness (QED) is 0.365. The molecule has 0 bridgehead atoms. The highest BCUT2D eigenvalue weighted by Gasteiger charge is 2.08. The maximum atomic E-state index is 12.5. The molecule has 2 heterocycles. The van der Waals surface area contributed by atoms with Crippen LogP contribution in [0.5, 0.6) is 5.75 Å². The lowest BCUT2D eigenvalue weighted by Crippen LogP contribution is -2.19. The van der Waals surface area contributed by atoms with E-state index >= 15 is 0 Å². The summed E-state index contributed by atoms with van der Waals surface area (Å²) in [6.07, 6.45) is 1.76. The van der Waals surface area contributed by atoms with Crippen LogP contribution in [0.2, 0.25) is 0 Å². The van der Waals surface area contributed by atoms with Gasteiger partial charge in [-0.2, -0.15) is 0 Å². The molecule has 6 heteroatoms. The maximum absolute atomic E-state index is 12.5. The minimum absolute atomic E-state index is 0.0219. The van der Waals surface area contributed by atoms with Gasteiger partial charge in [-0.05, 0) is 42.0 Å². The molecule has 140 valence electrons. The molecule has 0 radical (unpaired) electrons. The monoisotopic (exact) mass is 389 g/mol. The van der Waals surface area contributed by atoms with Gasteiger partial charge in [-0.25, -0.2) is 4.98 Å². The smallest absolute Gasteiger partial charge is 0.261 e. The van der Waals surface area contributed by atoms with Gasteiger partial charge in [-0.15, -0.1) is 0 Å². The van der Waals surface area contributed by atoms with Crippen molar-refractivity contribution in [2.45, 2.75) is 17.5 Å². The van der Waals surface area contributed by atoms with Crippen molar-refractivity contribution in [1.82, 2.24) is 14.5 Å². The molecule has 0 unspecified atom stereocenters. The number of para-hydroxylation sites is 1. The van der Waals surface area contributed by atoms with Gasteiger partial charge < -0.3 is 4.74 Å². The molecule has 0 aliphatic heterocycles. The highest BCUT2D eigenvalue weighted by atomic mass is 32.2. The number of hydrogen-bond acceptors (Lipinski definition) is 5. The summed E-state index contributed by atoms with van der Waals surface area (Å²) in [7, 11) is 1.76. The highest BCUT2D eigenvalue weighted by molar-refractivity contribution is 7.98. The number of fused-ring (bicyclic) bond motifs is 1. The van der Waals surface area contributed by atoms with E-state index in [2.05, 4.69) is 9.97 Å². The van der Waals surface area contributed by atoms with Crippen LogP contribution >= 0.6 is 11.8 Å². The first-order chi connectivity index (χ1) is 13.7. The first kappa shape index (κ1) is 18.3. The third-order valence-corrected chi connectivity index (χ3v) is 5.45. The molecular formula is C22H19N3O2S. The molecular weight excluding hydrogens is 370 g/mol. The lowest BCUT2D eigenvalue weighted by Gasteiger charge is -2.09. The van der Waals surface area contributed by atoms with Gasteiger partial charge in [0.2, 0.25) is 0 Å². The molecule has 2 aromatic heterocycles. The predicted molar refractivity (Wildman–Crippen MR) is 112 cm³/mol. The zero-order chi connectivity index (χ0) is 19.3. The molecule has 0 atom stereocenters. The van der Waals surface area contributed by atoms with E-state index in [0.29, 0.717) is 17.1 Å². The van der Waals surface area contributed by atoms with E-state index in [1.807, 2.05) is 66.7 Å². The second kappa shape index (κ2) is 8.27. The zero-order valence-electron chi connectivity index (χ0n) is 15.4. The molecule has 0 aliphatic rings. The fourth-order valence-corrected chi connectivity index (χ4v) is 3.72. The summed E-state index contributed by atoms with van der Waals surface area (Å²) in [5.41, 5.74) is 2.74. The van der Waals surface area contributed by atoms with Crippen LogP contribution in [0.15, 0.2) is 82.9 Å². The highest BCUT2D eigenvalue weighted by Crippen LogP contribution is 2.23. The van der Waals surface area contributed by atoms with Crippen LogP contribution in [0, 0.1) is 0 Å². The Morgan fingerprint density at radius 1 is 1.00 bits per heavy atom. The van der Waals surface area contributed by atoms with E-state index in [4.69, 9.17) is 4.74 Å². The lowest BCUT2D eigenvalue weighted by molar-refractivity contribution is 0.301. The molecule has 0 fully saturated rings. The molecule has 28 heavy (non-hydrogen) atoms. The molecule has 0 N–H and O–H groups in total. The Labute approximate surface area is 167 Å². The Kier molecular flexibility index (Phi) is 5.39. The number of ether oxygens (including phenoxy) is 1. The van der Waals surface area contributed by atoms with Crippen molar-refractivity contribution >= 4 is 22.7 Å². The van der Waals surface area contributed by atoms with Crippen molar-refractivity contribution in [3.63, 3.8) is 0 Å². The van der Waals surface area contributed by atoms with E-state index in [-0.39, 0.29) is 5.56 Å². The fourth-order valence-electron chi connectivity index (χ4n) is 2.80. The van der Waals surface area contributed by atoms with E-state index < -0.39 is 0 Å². The van der Waals surface area contributed by atoms with Gasteiger partial charge in [0, 0.05) is 19.0 Å². The summed E-state index contributed by atoms with van der Waals surface area (Å²) in [6.45, 7) is 0.443. The van der Waals surface area contributed by atoms with E-state index in [1.54, 1.807) is 29.6 Å². The number of thioether (sulfide) groups is 1. The Balaban J connectivity index is 1.42. The van der Waals surface area contributed by atoms with E-state index in [1.165, 1.54) is 0 Å². The van der Waals surface area contributed by atoms with Crippen molar-refractivity contribution in [3.05, 3.63) is 94.5 Å². The number of rotatable bonds is 6. The van der Waals surface area contributed by atoms with Crippen LogP contribution in [0.1, 0.15) is 11.3 Å². The van der Waals surface area contributed by atoms with Gasteiger partial charge >= 0.3 is 0 Å². The summed E-state index contributed by atoms with van der Waals surface area (Å²) in [4.78, 5) is 21.4. The van der Waals surface area contributed by atoms with Crippen molar-refractivity contribution < 1.29 is 4.74 Å². The summed E-state index contributed by atoms with van der Waals surface area (Å²) in [5, 5.41) is 1.35. The third-order valence-electron chi connectivity index (χ3n) is 4.35. The van der Waals surface area contributed by atoms with Crippen LogP contribution in [-0.2, 0) is 19.4 Å². The molecule has 5 nitrogen and oxygen atoms in total. The molecule has 0 aliphatic carbocycles. The average molecular weight is 389 g/mol. The first-order valence-corrected chi connectivity index (χ1v) is 9.89. The molecule has 4 rings (SSSR count). The molecule has 4 aromatic rings. The van der Waals surface area contributed by atoms with Crippen molar-refractivity contribution in [2.24, 2.45) is 7.05 Å². The van der Waals surface area contributed by atoms with E-state index in [9.17, 15) is 4.79 Å². The number of pyridine rings is 1. The Hall–Kier alpha value is -3.12. The second-order valence-electron chi connectivity index (χ2n) is 6.32. The van der Waals surface area contributed by atoms with Crippen molar-refractivity contribution in [3.8, 4) is 5.75 Å².